The molecule has 0 unspecified atom stereocenters. The van der Waals surface area contributed by atoms with Gasteiger partial charge in [0.25, 0.3) is 0 Å². The molecule has 3 N–H and O–H groups in total. The summed E-state index contributed by atoms with van der Waals surface area (Å²) in [4.78, 5) is 6.95. The van der Waals surface area contributed by atoms with Crippen LogP contribution in [0.4, 0.5) is 5.82 Å². The Morgan fingerprint density at radius 3 is 2.45 bits per heavy atom. The standard InChI is InChI=1S/C16H26N4.2ClH/c17-16-14(7-4-8-19-16)15(13-5-2-1-3-6-13)20-11-9-18-10-12-20;;/h4,7-8,13,15,18H,1-3,5-6,9-12H2,(H2,17,19);2*1H/t15-;;/m1../s1. The minimum absolute atomic E-state index is 0. The van der Waals surface area contributed by atoms with Crippen molar-refractivity contribution in [3.8, 4) is 0 Å². The molecule has 1 aromatic rings. The highest BCUT2D eigenvalue weighted by atomic mass is 35.5. The molecule has 2 aliphatic rings. The summed E-state index contributed by atoms with van der Waals surface area (Å²) in [5, 5.41) is 3.45. The SMILES string of the molecule is Cl.Cl.Nc1ncccc1[C@@H](C1CCCCC1)N1CCNCC1. The van der Waals surface area contributed by atoms with Gasteiger partial charge >= 0.3 is 0 Å². The summed E-state index contributed by atoms with van der Waals surface area (Å²) in [7, 11) is 0. The Balaban J connectivity index is 0.00000121. The molecular formula is C16H28Cl2N4. The van der Waals surface area contributed by atoms with Gasteiger partial charge in [-0.2, -0.15) is 0 Å². The van der Waals surface area contributed by atoms with Crippen molar-refractivity contribution in [3.05, 3.63) is 23.9 Å². The van der Waals surface area contributed by atoms with Crippen molar-refractivity contribution < 1.29 is 0 Å². The lowest BCUT2D eigenvalue weighted by atomic mass is 9.80. The van der Waals surface area contributed by atoms with Crippen LogP contribution in [-0.2, 0) is 0 Å². The van der Waals surface area contributed by atoms with Crippen LogP contribution in [0.1, 0.15) is 43.7 Å². The molecule has 0 aromatic carbocycles. The second-order valence-corrected chi connectivity index (χ2v) is 6.11. The lowest BCUT2D eigenvalue weighted by Crippen LogP contribution is -2.47. The number of halogens is 2. The normalized spacial score (nSPS) is 21.5. The van der Waals surface area contributed by atoms with Crippen LogP contribution < -0.4 is 11.1 Å². The lowest BCUT2D eigenvalue weighted by molar-refractivity contribution is 0.104. The van der Waals surface area contributed by atoms with E-state index in [1.165, 1.54) is 37.7 Å². The minimum Gasteiger partial charge on any atom is -0.383 e. The molecule has 2 heterocycles. The Labute approximate surface area is 146 Å². The van der Waals surface area contributed by atoms with Crippen molar-refractivity contribution >= 4 is 30.6 Å². The van der Waals surface area contributed by atoms with E-state index in [1.54, 1.807) is 6.20 Å². The molecule has 0 bridgehead atoms. The van der Waals surface area contributed by atoms with Gasteiger partial charge in [-0.05, 0) is 24.8 Å². The van der Waals surface area contributed by atoms with E-state index in [9.17, 15) is 0 Å². The molecule has 0 amide bonds. The van der Waals surface area contributed by atoms with E-state index < -0.39 is 0 Å². The maximum atomic E-state index is 6.18. The molecule has 126 valence electrons. The topological polar surface area (TPSA) is 54.2 Å². The van der Waals surface area contributed by atoms with E-state index in [0.29, 0.717) is 6.04 Å². The predicted molar refractivity (Wildman–Crippen MR) is 96.9 cm³/mol. The lowest BCUT2D eigenvalue weighted by Gasteiger charge is -2.41. The van der Waals surface area contributed by atoms with Gasteiger partial charge in [-0.3, -0.25) is 4.90 Å². The van der Waals surface area contributed by atoms with Gasteiger partial charge < -0.3 is 11.1 Å². The number of pyridine rings is 1. The number of nitrogens with one attached hydrogen (secondary N) is 1. The average Bonchev–Trinajstić information content (AvgIpc) is 2.52. The maximum Gasteiger partial charge on any atom is 0.128 e. The van der Waals surface area contributed by atoms with Crippen LogP contribution in [0, 0.1) is 5.92 Å². The smallest absolute Gasteiger partial charge is 0.128 e. The number of aromatic nitrogens is 1. The van der Waals surface area contributed by atoms with E-state index >= 15 is 0 Å². The maximum absolute atomic E-state index is 6.18. The van der Waals surface area contributed by atoms with Crippen molar-refractivity contribution in [1.29, 1.82) is 0 Å². The van der Waals surface area contributed by atoms with Crippen LogP contribution in [0.3, 0.4) is 0 Å². The highest BCUT2D eigenvalue weighted by Gasteiger charge is 2.32. The Kier molecular flexibility index (Phi) is 8.47. The van der Waals surface area contributed by atoms with Gasteiger partial charge in [0, 0.05) is 44.0 Å². The number of rotatable bonds is 3. The predicted octanol–water partition coefficient (Wildman–Crippen LogP) is 3.03. The van der Waals surface area contributed by atoms with E-state index in [4.69, 9.17) is 5.73 Å². The molecule has 1 aliphatic heterocycles. The average molecular weight is 347 g/mol. The van der Waals surface area contributed by atoms with E-state index in [0.717, 1.165) is 37.9 Å². The van der Waals surface area contributed by atoms with E-state index in [1.807, 2.05) is 6.07 Å². The van der Waals surface area contributed by atoms with Crippen LogP contribution >= 0.6 is 24.8 Å². The number of hydrogen-bond acceptors (Lipinski definition) is 4. The number of nitrogens with two attached hydrogens (primary N) is 1. The summed E-state index contributed by atoms with van der Waals surface area (Å²) in [5.74, 6) is 1.47. The minimum atomic E-state index is 0. The second kappa shape index (κ2) is 9.56. The van der Waals surface area contributed by atoms with Crippen LogP contribution in [0.25, 0.3) is 0 Å². The van der Waals surface area contributed by atoms with Gasteiger partial charge in [0.15, 0.2) is 0 Å². The van der Waals surface area contributed by atoms with Crippen molar-refractivity contribution in [2.75, 3.05) is 31.9 Å². The molecule has 1 saturated carbocycles. The highest BCUT2D eigenvalue weighted by Crippen LogP contribution is 2.39. The summed E-state index contributed by atoms with van der Waals surface area (Å²) >= 11 is 0. The zero-order valence-electron chi connectivity index (χ0n) is 13.0. The fourth-order valence-corrected chi connectivity index (χ4v) is 3.84. The summed E-state index contributed by atoms with van der Waals surface area (Å²) in [6, 6.07) is 4.68. The summed E-state index contributed by atoms with van der Waals surface area (Å²) in [5.41, 5.74) is 7.43. The fraction of sp³-hybridized carbons (Fsp3) is 0.688. The molecule has 2 fully saturated rings. The molecule has 1 atom stereocenters. The molecule has 1 saturated heterocycles. The van der Waals surface area contributed by atoms with Crippen molar-refractivity contribution in [2.45, 2.75) is 38.1 Å². The Morgan fingerprint density at radius 1 is 1.14 bits per heavy atom. The van der Waals surface area contributed by atoms with Gasteiger partial charge in [0.1, 0.15) is 5.82 Å². The van der Waals surface area contributed by atoms with Crippen LogP contribution in [0.15, 0.2) is 18.3 Å². The molecular weight excluding hydrogens is 319 g/mol. The monoisotopic (exact) mass is 346 g/mol. The third kappa shape index (κ3) is 4.48. The van der Waals surface area contributed by atoms with Gasteiger partial charge in [0.2, 0.25) is 0 Å². The number of piperazine rings is 1. The molecule has 1 aliphatic carbocycles. The second-order valence-electron chi connectivity index (χ2n) is 6.11. The van der Waals surface area contributed by atoms with Crippen LogP contribution in [-0.4, -0.2) is 36.1 Å². The van der Waals surface area contributed by atoms with Gasteiger partial charge in [-0.1, -0.05) is 25.3 Å². The van der Waals surface area contributed by atoms with Crippen molar-refractivity contribution in [3.63, 3.8) is 0 Å². The summed E-state index contributed by atoms with van der Waals surface area (Å²) < 4.78 is 0. The zero-order valence-corrected chi connectivity index (χ0v) is 14.7. The first-order valence-corrected chi connectivity index (χ1v) is 8.01. The van der Waals surface area contributed by atoms with E-state index in [-0.39, 0.29) is 24.8 Å². The highest BCUT2D eigenvalue weighted by molar-refractivity contribution is 5.85. The molecule has 1 aromatic heterocycles. The molecule has 0 spiro atoms. The third-order valence-electron chi connectivity index (χ3n) is 4.83. The third-order valence-corrected chi connectivity index (χ3v) is 4.83. The first-order chi connectivity index (χ1) is 9.86. The quantitative estimate of drug-likeness (QED) is 0.883. The molecule has 22 heavy (non-hydrogen) atoms. The summed E-state index contributed by atoms with van der Waals surface area (Å²) in [6.07, 6.45) is 8.61. The molecule has 6 heteroatoms. The molecule has 4 nitrogen and oxygen atoms in total. The number of anilines is 1. The Bertz CT molecular complexity index is 414. The largest absolute Gasteiger partial charge is 0.383 e. The zero-order chi connectivity index (χ0) is 13.8. The van der Waals surface area contributed by atoms with Gasteiger partial charge in [-0.25, -0.2) is 4.98 Å². The van der Waals surface area contributed by atoms with Crippen molar-refractivity contribution in [1.82, 2.24) is 15.2 Å². The van der Waals surface area contributed by atoms with Crippen LogP contribution in [0.2, 0.25) is 0 Å². The van der Waals surface area contributed by atoms with Crippen molar-refractivity contribution in [2.24, 2.45) is 5.92 Å². The Morgan fingerprint density at radius 2 is 1.82 bits per heavy atom. The van der Waals surface area contributed by atoms with Gasteiger partial charge in [0.05, 0.1) is 0 Å². The summed E-state index contributed by atoms with van der Waals surface area (Å²) in [6.45, 7) is 4.41. The number of nitrogens with zero attached hydrogens (tertiary/aromatic N) is 2. The first-order valence-electron chi connectivity index (χ1n) is 8.01. The van der Waals surface area contributed by atoms with Gasteiger partial charge in [-0.15, -0.1) is 24.8 Å². The number of nitrogen functional groups attached to an aromatic ring is 1. The Hall–Kier alpha value is -0.550. The fourth-order valence-electron chi connectivity index (χ4n) is 3.84. The molecule has 0 radical (unpaired) electrons. The first kappa shape index (κ1) is 19.5. The number of hydrogen-bond donors (Lipinski definition) is 2. The van der Waals surface area contributed by atoms with E-state index in [2.05, 4.69) is 21.3 Å². The molecule has 3 rings (SSSR count). The van der Waals surface area contributed by atoms with Crippen LogP contribution in [0.5, 0.6) is 0 Å².